The molecule has 0 atom stereocenters. The zero-order valence-corrected chi connectivity index (χ0v) is 14.1. The molecule has 1 aliphatic rings. The molecule has 18 heavy (non-hydrogen) atoms. The van der Waals surface area contributed by atoms with E-state index in [2.05, 4.69) is 31.9 Å². The van der Waals surface area contributed by atoms with Crippen LogP contribution in [0.25, 0.3) is 0 Å². The van der Waals surface area contributed by atoms with Crippen LogP contribution < -0.4 is 9.47 Å². The molecule has 1 aromatic heterocycles. The first-order chi connectivity index (χ1) is 8.62. The average molecular weight is 402 g/mol. The molecule has 102 valence electrons. The zero-order chi connectivity index (χ0) is 13.2. The van der Waals surface area contributed by atoms with E-state index in [-0.39, 0.29) is 5.41 Å². The van der Waals surface area contributed by atoms with Crippen molar-refractivity contribution in [3.63, 3.8) is 0 Å². The maximum Gasteiger partial charge on any atom is 0.187 e. The van der Waals surface area contributed by atoms with Crippen LogP contribution in [0, 0.1) is 5.41 Å². The SMILES string of the molecule is COCC1(COC)COc2c(Br)sc(Br)c2OC1. The minimum absolute atomic E-state index is 0.279. The third-order valence-corrected chi connectivity index (χ3v) is 5.11. The van der Waals surface area contributed by atoms with Crippen molar-refractivity contribution in [2.45, 2.75) is 0 Å². The van der Waals surface area contributed by atoms with Gasteiger partial charge in [0.2, 0.25) is 0 Å². The van der Waals surface area contributed by atoms with Gasteiger partial charge in [0.25, 0.3) is 0 Å². The average Bonchev–Trinajstić information content (AvgIpc) is 2.49. The molecule has 0 unspecified atom stereocenters. The number of ether oxygens (including phenoxy) is 4. The first kappa shape index (κ1) is 14.6. The summed E-state index contributed by atoms with van der Waals surface area (Å²) in [6.45, 7) is 2.07. The summed E-state index contributed by atoms with van der Waals surface area (Å²) in [5.41, 5.74) is -0.279. The lowest BCUT2D eigenvalue weighted by Crippen LogP contribution is -2.42. The molecule has 2 rings (SSSR count). The molecule has 0 fully saturated rings. The molecule has 0 radical (unpaired) electrons. The highest BCUT2D eigenvalue weighted by molar-refractivity contribution is 9.12. The van der Waals surface area contributed by atoms with Crippen LogP contribution in [0.2, 0.25) is 0 Å². The van der Waals surface area contributed by atoms with Crippen LogP contribution in [-0.2, 0) is 9.47 Å². The molecule has 0 bridgehead atoms. The molecule has 0 aromatic carbocycles. The summed E-state index contributed by atoms with van der Waals surface area (Å²) >= 11 is 8.49. The second-order valence-electron chi connectivity index (χ2n) is 4.25. The van der Waals surface area contributed by atoms with Gasteiger partial charge in [-0.3, -0.25) is 0 Å². The minimum Gasteiger partial charge on any atom is -0.487 e. The van der Waals surface area contributed by atoms with Crippen molar-refractivity contribution < 1.29 is 18.9 Å². The van der Waals surface area contributed by atoms with Crippen molar-refractivity contribution in [3.05, 3.63) is 7.57 Å². The van der Waals surface area contributed by atoms with Gasteiger partial charge < -0.3 is 18.9 Å². The Hall–Kier alpha value is 0.180. The van der Waals surface area contributed by atoms with Crippen molar-refractivity contribution >= 4 is 43.2 Å². The number of thiophene rings is 1. The molecule has 1 aromatic rings. The van der Waals surface area contributed by atoms with Gasteiger partial charge in [0.05, 0.1) is 18.6 Å². The Balaban J connectivity index is 2.22. The Bertz CT molecular complexity index is 385. The third-order valence-electron chi connectivity index (χ3n) is 2.69. The summed E-state index contributed by atoms with van der Waals surface area (Å²) in [7, 11) is 3.34. The predicted octanol–water partition coefficient (Wildman–Crippen LogP) is 3.32. The number of hydrogen-bond acceptors (Lipinski definition) is 5. The number of fused-ring (bicyclic) bond motifs is 1. The van der Waals surface area contributed by atoms with Crippen LogP contribution in [0.4, 0.5) is 0 Å². The maximum atomic E-state index is 5.87. The summed E-state index contributed by atoms with van der Waals surface area (Å²) in [4.78, 5) is 0. The molecule has 0 saturated heterocycles. The normalized spacial score (nSPS) is 17.6. The second kappa shape index (κ2) is 6.09. The fraction of sp³-hybridized carbons (Fsp3) is 0.636. The Morgan fingerprint density at radius 3 is 1.89 bits per heavy atom. The lowest BCUT2D eigenvalue weighted by atomic mass is 9.92. The standard InChI is InChI=1S/C11H14Br2O4S/c1-14-3-11(4-15-2)5-16-7-8(17-6-11)10(13)18-9(7)12/h3-6H2,1-2H3. The van der Waals surface area contributed by atoms with Gasteiger partial charge in [-0.2, -0.15) is 0 Å². The zero-order valence-electron chi connectivity index (χ0n) is 10.1. The summed E-state index contributed by atoms with van der Waals surface area (Å²) < 4.78 is 24.1. The Morgan fingerprint density at radius 2 is 1.50 bits per heavy atom. The van der Waals surface area contributed by atoms with Gasteiger partial charge in [-0.1, -0.05) is 0 Å². The van der Waals surface area contributed by atoms with Crippen molar-refractivity contribution in [2.75, 3.05) is 40.6 Å². The van der Waals surface area contributed by atoms with E-state index in [0.717, 1.165) is 19.1 Å². The van der Waals surface area contributed by atoms with Gasteiger partial charge in [0.15, 0.2) is 11.5 Å². The highest BCUT2D eigenvalue weighted by Gasteiger charge is 2.37. The molecule has 0 amide bonds. The molecule has 0 spiro atoms. The molecule has 0 aliphatic carbocycles. The summed E-state index contributed by atoms with van der Waals surface area (Å²) in [6, 6.07) is 0. The lowest BCUT2D eigenvalue weighted by molar-refractivity contribution is -0.0361. The number of hydrogen-bond donors (Lipinski definition) is 0. The van der Waals surface area contributed by atoms with E-state index in [1.54, 1.807) is 25.6 Å². The largest absolute Gasteiger partial charge is 0.487 e. The lowest BCUT2D eigenvalue weighted by Gasteiger charge is -2.29. The van der Waals surface area contributed by atoms with Crippen LogP contribution >= 0.6 is 43.2 Å². The molecule has 7 heteroatoms. The van der Waals surface area contributed by atoms with E-state index in [4.69, 9.17) is 18.9 Å². The molecular formula is C11H14Br2O4S. The van der Waals surface area contributed by atoms with Crippen LogP contribution in [0.5, 0.6) is 11.5 Å². The van der Waals surface area contributed by atoms with Gasteiger partial charge >= 0.3 is 0 Å². The van der Waals surface area contributed by atoms with Crippen LogP contribution in [-0.4, -0.2) is 40.6 Å². The van der Waals surface area contributed by atoms with Crippen LogP contribution in [0.3, 0.4) is 0 Å². The van der Waals surface area contributed by atoms with E-state index in [1.165, 1.54) is 0 Å². The van der Waals surface area contributed by atoms with E-state index in [0.29, 0.717) is 26.4 Å². The summed E-state index contributed by atoms with van der Waals surface area (Å²) in [5, 5.41) is 0. The molecule has 4 nitrogen and oxygen atoms in total. The summed E-state index contributed by atoms with van der Waals surface area (Å²) in [6.07, 6.45) is 0. The van der Waals surface area contributed by atoms with Gasteiger partial charge in [-0.05, 0) is 31.9 Å². The smallest absolute Gasteiger partial charge is 0.187 e. The number of methoxy groups -OCH3 is 2. The van der Waals surface area contributed by atoms with E-state index < -0.39 is 0 Å². The fourth-order valence-corrected chi connectivity index (χ4v) is 4.77. The maximum absolute atomic E-state index is 5.87. The first-order valence-corrected chi connectivity index (χ1v) is 7.73. The van der Waals surface area contributed by atoms with Crippen LogP contribution in [0.15, 0.2) is 7.57 Å². The molecule has 0 saturated carbocycles. The summed E-state index contributed by atoms with van der Waals surface area (Å²) in [5.74, 6) is 1.50. The molecule has 2 heterocycles. The highest BCUT2D eigenvalue weighted by Crippen LogP contribution is 2.50. The molecule has 1 aliphatic heterocycles. The van der Waals surface area contributed by atoms with E-state index in [9.17, 15) is 0 Å². The fourth-order valence-electron chi connectivity index (χ4n) is 1.91. The minimum atomic E-state index is -0.279. The predicted molar refractivity (Wildman–Crippen MR) is 76.9 cm³/mol. The molecule has 0 N–H and O–H groups in total. The second-order valence-corrected chi connectivity index (χ2v) is 7.91. The third kappa shape index (κ3) is 2.85. The Morgan fingerprint density at radius 1 is 1.06 bits per heavy atom. The van der Waals surface area contributed by atoms with Crippen molar-refractivity contribution in [1.29, 1.82) is 0 Å². The Kier molecular flexibility index (Phi) is 4.93. The van der Waals surface area contributed by atoms with E-state index >= 15 is 0 Å². The quantitative estimate of drug-likeness (QED) is 0.775. The topological polar surface area (TPSA) is 36.9 Å². The van der Waals surface area contributed by atoms with Crippen molar-refractivity contribution in [1.82, 2.24) is 0 Å². The van der Waals surface area contributed by atoms with Crippen molar-refractivity contribution in [3.8, 4) is 11.5 Å². The Labute approximate surface area is 127 Å². The van der Waals surface area contributed by atoms with Gasteiger partial charge in [0.1, 0.15) is 20.8 Å². The monoisotopic (exact) mass is 400 g/mol. The molecular weight excluding hydrogens is 388 g/mol. The van der Waals surface area contributed by atoms with Gasteiger partial charge in [-0.15, -0.1) is 11.3 Å². The number of halogens is 2. The highest BCUT2D eigenvalue weighted by atomic mass is 79.9. The van der Waals surface area contributed by atoms with E-state index in [1.807, 2.05) is 0 Å². The van der Waals surface area contributed by atoms with Gasteiger partial charge in [0, 0.05) is 14.2 Å². The van der Waals surface area contributed by atoms with Crippen LogP contribution in [0.1, 0.15) is 0 Å². The van der Waals surface area contributed by atoms with Gasteiger partial charge in [-0.25, -0.2) is 0 Å². The first-order valence-electron chi connectivity index (χ1n) is 5.33. The number of rotatable bonds is 4. The van der Waals surface area contributed by atoms with Crippen molar-refractivity contribution in [2.24, 2.45) is 5.41 Å².